The van der Waals surface area contributed by atoms with Gasteiger partial charge in [-0.05, 0) is 45.4 Å². The minimum atomic E-state index is -3.07. The van der Waals surface area contributed by atoms with Crippen molar-refractivity contribution < 1.29 is 8.42 Å². The molecular formula is C15H26N4O2S. The second kappa shape index (κ2) is 7.37. The lowest BCUT2D eigenvalue weighted by Crippen LogP contribution is -2.30. The van der Waals surface area contributed by atoms with Crippen LogP contribution in [0.4, 0.5) is 5.82 Å². The molecule has 2 heterocycles. The summed E-state index contributed by atoms with van der Waals surface area (Å²) in [6, 6.07) is 2.34. The SMILES string of the molecule is CC(C)Nc1cc(C[C@H]2CCCN(S(C)(=O)=O)CC2)ncn1. The number of aromatic nitrogens is 2. The normalized spacial score (nSPS) is 20.8. The van der Waals surface area contributed by atoms with Crippen LogP contribution in [0.25, 0.3) is 0 Å². The average Bonchev–Trinajstić information content (AvgIpc) is 2.63. The zero-order valence-corrected chi connectivity index (χ0v) is 14.4. The van der Waals surface area contributed by atoms with E-state index in [4.69, 9.17) is 0 Å². The molecule has 0 bridgehead atoms. The van der Waals surface area contributed by atoms with Crippen LogP contribution in [0.15, 0.2) is 12.4 Å². The van der Waals surface area contributed by atoms with E-state index in [1.807, 2.05) is 6.07 Å². The Bertz CT molecular complexity index is 589. The Labute approximate surface area is 133 Å². The number of nitrogens with one attached hydrogen (secondary N) is 1. The van der Waals surface area contributed by atoms with Gasteiger partial charge < -0.3 is 5.32 Å². The largest absolute Gasteiger partial charge is 0.368 e. The van der Waals surface area contributed by atoms with Crippen LogP contribution in [0, 0.1) is 5.92 Å². The molecule has 0 radical (unpaired) electrons. The lowest BCUT2D eigenvalue weighted by Gasteiger charge is -2.17. The summed E-state index contributed by atoms with van der Waals surface area (Å²) >= 11 is 0. The third-order valence-electron chi connectivity index (χ3n) is 3.93. The van der Waals surface area contributed by atoms with Gasteiger partial charge in [-0.25, -0.2) is 22.7 Å². The van der Waals surface area contributed by atoms with E-state index in [1.165, 1.54) is 6.26 Å². The molecule has 1 aromatic heterocycles. The second-order valence-electron chi connectivity index (χ2n) is 6.36. The molecule has 2 rings (SSSR count). The van der Waals surface area contributed by atoms with Crippen molar-refractivity contribution in [3.63, 3.8) is 0 Å². The van der Waals surface area contributed by atoms with Crippen molar-refractivity contribution in [3.05, 3.63) is 18.1 Å². The Balaban J connectivity index is 1.96. The molecule has 1 aliphatic heterocycles. The summed E-state index contributed by atoms with van der Waals surface area (Å²) < 4.78 is 24.9. The molecule has 0 aromatic carbocycles. The molecule has 6 nitrogen and oxygen atoms in total. The smallest absolute Gasteiger partial charge is 0.211 e. The van der Waals surface area contributed by atoms with Crippen molar-refractivity contribution >= 4 is 15.8 Å². The summed E-state index contributed by atoms with van der Waals surface area (Å²) in [5, 5.41) is 3.28. The molecule has 22 heavy (non-hydrogen) atoms. The maximum atomic E-state index is 11.6. The number of nitrogens with zero attached hydrogens (tertiary/aromatic N) is 3. The van der Waals surface area contributed by atoms with Gasteiger partial charge in [-0.2, -0.15) is 0 Å². The van der Waals surface area contributed by atoms with Crippen LogP contribution in [-0.4, -0.2) is 48.1 Å². The predicted molar refractivity (Wildman–Crippen MR) is 88.3 cm³/mol. The number of sulfonamides is 1. The van der Waals surface area contributed by atoms with Gasteiger partial charge in [0.1, 0.15) is 12.1 Å². The van der Waals surface area contributed by atoms with Gasteiger partial charge in [0.2, 0.25) is 10.0 Å². The summed E-state index contributed by atoms with van der Waals surface area (Å²) in [5.41, 5.74) is 1.02. The molecule has 7 heteroatoms. The quantitative estimate of drug-likeness (QED) is 0.894. The van der Waals surface area contributed by atoms with Gasteiger partial charge in [-0.1, -0.05) is 0 Å². The van der Waals surface area contributed by atoms with Crippen LogP contribution in [0.3, 0.4) is 0 Å². The fourth-order valence-electron chi connectivity index (χ4n) is 2.85. The average molecular weight is 326 g/mol. The molecule has 1 fully saturated rings. The summed E-state index contributed by atoms with van der Waals surface area (Å²) in [6.45, 7) is 5.41. The fourth-order valence-corrected chi connectivity index (χ4v) is 3.75. The highest BCUT2D eigenvalue weighted by Crippen LogP contribution is 2.22. The number of hydrogen-bond acceptors (Lipinski definition) is 5. The molecule has 1 saturated heterocycles. The minimum Gasteiger partial charge on any atom is -0.368 e. The summed E-state index contributed by atoms with van der Waals surface area (Å²) in [6.07, 6.45) is 6.63. The second-order valence-corrected chi connectivity index (χ2v) is 8.34. The molecule has 1 aromatic rings. The first kappa shape index (κ1) is 17.1. The first-order chi connectivity index (χ1) is 10.3. The topological polar surface area (TPSA) is 75.2 Å². The van der Waals surface area contributed by atoms with E-state index in [-0.39, 0.29) is 0 Å². The van der Waals surface area contributed by atoms with Gasteiger partial charge >= 0.3 is 0 Å². The van der Waals surface area contributed by atoms with E-state index in [0.717, 1.165) is 37.2 Å². The molecule has 1 aliphatic rings. The van der Waals surface area contributed by atoms with E-state index in [2.05, 4.69) is 29.1 Å². The van der Waals surface area contributed by atoms with Crippen LogP contribution in [-0.2, 0) is 16.4 Å². The van der Waals surface area contributed by atoms with Gasteiger partial charge in [-0.3, -0.25) is 0 Å². The van der Waals surface area contributed by atoms with Crippen LogP contribution >= 0.6 is 0 Å². The summed E-state index contributed by atoms with van der Waals surface area (Å²) in [5.74, 6) is 1.33. The lowest BCUT2D eigenvalue weighted by molar-refractivity contribution is 0.412. The Kier molecular flexibility index (Phi) is 5.74. The van der Waals surface area contributed by atoms with Gasteiger partial charge in [0.05, 0.1) is 6.26 Å². The third-order valence-corrected chi connectivity index (χ3v) is 5.24. The molecule has 124 valence electrons. The van der Waals surface area contributed by atoms with Crippen molar-refractivity contribution in [1.82, 2.24) is 14.3 Å². The van der Waals surface area contributed by atoms with Crippen molar-refractivity contribution in [3.8, 4) is 0 Å². The van der Waals surface area contributed by atoms with Gasteiger partial charge in [-0.15, -0.1) is 0 Å². The van der Waals surface area contributed by atoms with Crippen molar-refractivity contribution in [2.75, 3.05) is 24.7 Å². The van der Waals surface area contributed by atoms with E-state index in [9.17, 15) is 8.42 Å². The highest BCUT2D eigenvalue weighted by molar-refractivity contribution is 7.88. The maximum absolute atomic E-state index is 11.6. The van der Waals surface area contributed by atoms with Gasteiger partial charge in [0.15, 0.2) is 0 Å². The molecular weight excluding hydrogens is 300 g/mol. The predicted octanol–water partition coefficient (Wildman–Crippen LogP) is 1.90. The zero-order valence-electron chi connectivity index (χ0n) is 13.6. The van der Waals surface area contributed by atoms with Gasteiger partial charge in [0, 0.05) is 30.9 Å². The molecule has 0 spiro atoms. The summed E-state index contributed by atoms with van der Waals surface area (Å²) in [7, 11) is -3.07. The first-order valence-electron chi connectivity index (χ1n) is 7.87. The number of rotatable bonds is 5. The van der Waals surface area contributed by atoms with Crippen molar-refractivity contribution in [1.29, 1.82) is 0 Å². The zero-order chi connectivity index (χ0) is 16.2. The first-order valence-corrected chi connectivity index (χ1v) is 9.72. The van der Waals surface area contributed by atoms with Gasteiger partial charge in [0.25, 0.3) is 0 Å². The van der Waals surface area contributed by atoms with Crippen molar-refractivity contribution in [2.45, 2.75) is 45.6 Å². The monoisotopic (exact) mass is 326 g/mol. The minimum absolute atomic E-state index is 0.337. The summed E-state index contributed by atoms with van der Waals surface area (Å²) in [4.78, 5) is 8.58. The third kappa shape index (κ3) is 5.21. The molecule has 0 amide bonds. The Morgan fingerprint density at radius 2 is 2.09 bits per heavy atom. The molecule has 0 aliphatic carbocycles. The van der Waals surface area contributed by atoms with Crippen LogP contribution in [0.1, 0.15) is 38.8 Å². The maximum Gasteiger partial charge on any atom is 0.211 e. The van der Waals surface area contributed by atoms with Crippen LogP contribution < -0.4 is 5.32 Å². The van der Waals surface area contributed by atoms with Crippen LogP contribution in [0.5, 0.6) is 0 Å². The van der Waals surface area contributed by atoms with E-state index in [0.29, 0.717) is 25.0 Å². The fraction of sp³-hybridized carbons (Fsp3) is 0.733. The highest BCUT2D eigenvalue weighted by atomic mass is 32.2. The molecule has 1 N–H and O–H groups in total. The Hall–Kier alpha value is -1.21. The van der Waals surface area contributed by atoms with Crippen molar-refractivity contribution in [2.24, 2.45) is 5.92 Å². The van der Waals surface area contributed by atoms with E-state index >= 15 is 0 Å². The van der Waals surface area contributed by atoms with Crippen LogP contribution in [0.2, 0.25) is 0 Å². The highest BCUT2D eigenvalue weighted by Gasteiger charge is 2.23. The van der Waals surface area contributed by atoms with E-state index in [1.54, 1.807) is 10.6 Å². The molecule has 1 atom stereocenters. The Morgan fingerprint density at radius 3 is 2.77 bits per heavy atom. The Morgan fingerprint density at radius 1 is 1.32 bits per heavy atom. The molecule has 0 saturated carbocycles. The number of anilines is 1. The standard InChI is InChI=1S/C15H26N4O2S/c1-12(2)18-15-10-14(16-11-17-15)9-13-5-4-7-19(8-6-13)22(3,20)21/h10-13H,4-9H2,1-3H3,(H,16,17,18)/t13-/m0/s1. The number of hydrogen-bond donors (Lipinski definition) is 1. The molecule has 0 unspecified atom stereocenters. The lowest BCUT2D eigenvalue weighted by atomic mass is 9.95. The van der Waals surface area contributed by atoms with E-state index < -0.39 is 10.0 Å².